The molecule has 1 aromatic heterocycles. The maximum atomic E-state index is 10.9. The van der Waals surface area contributed by atoms with Gasteiger partial charge in [-0.15, -0.1) is 0 Å². The third kappa shape index (κ3) is 1.56. The minimum Gasteiger partial charge on any atom is -0.408 e. The van der Waals surface area contributed by atoms with Gasteiger partial charge in [-0.05, 0) is 17.7 Å². The summed E-state index contributed by atoms with van der Waals surface area (Å²) in [6.45, 7) is 0. The summed E-state index contributed by atoms with van der Waals surface area (Å²) in [5, 5.41) is 0. The molecule has 0 amide bonds. The number of nitrogens with one attached hydrogen (secondary N) is 1. The Labute approximate surface area is 85.5 Å². The molecule has 0 saturated heterocycles. The zero-order valence-electron chi connectivity index (χ0n) is 7.36. The van der Waals surface area contributed by atoms with Crippen LogP contribution in [0.2, 0.25) is 0 Å². The van der Waals surface area contributed by atoms with E-state index in [-0.39, 0.29) is 6.04 Å². The minimum atomic E-state index is -0.448. The largest absolute Gasteiger partial charge is 0.417 e. The van der Waals surface area contributed by atoms with Gasteiger partial charge in [-0.2, -0.15) is 12.6 Å². The van der Waals surface area contributed by atoms with Crippen LogP contribution < -0.4 is 11.5 Å². The van der Waals surface area contributed by atoms with Crippen LogP contribution in [0.4, 0.5) is 0 Å². The van der Waals surface area contributed by atoms with E-state index in [1.807, 2.05) is 6.07 Å². The number of nitrogens with two attached hydrogens (primary N) is 1. The molecule has 5 heteroatoms. The van der Waals surface area contributed by atoms with Crippen LogP contribution in [0, 0.1) is 0 Å². The Morgan fingerprint density at radius 1 is 1.57 bits per heavy atom. The highest BCUT2D eigenvalue weighted by atomic mass is 32.1. The molecule has 1 aromatic carbocycles. The summed E-state index contributed by atoms with van der Waals surface area (Å²) in [6, 6.07) is 5.25. The summed E-state index contributed by atoms with van der Waals surface area (Å²) in [4.78, 5) is 13.4. The smallest absolute Gasteiger partial charge is 0.408 e. The van der Waals surface area contributed by atoms with Crippen molar-refractivity contribution in [2.75, 3.05) is 5.75 Å². The molecule has 0 aliphatic rings. The Balaban J connectivity index is 2.55. The molecule has 74 valence electrons. The van der Waals surface area contributed by atoms with Crippen LogP contribution in [-0.4, -0.2) is 10.7 Å². The average molecular weight is 210 g/mol. The third-order valence-corrected chi connectivity index (χ3v) is 2.46. The molecule has 0 spiro atoms. The quantitative estimate of drug-likeness (QED) is 0.649. The Hall–Kier alpha value is -1.20. The lowest BCUT2D eigenvalue weighted by molar-refractivity contribution is 0.554. The second kappa shape index (κ2) is 3.51. The maximum absolute atomic E-state index is 10.9. The first-order chi connectivity index (χ1) is 6.70. The highest BCUT2D eigenvalue weighted by molar-refractivity contribution is 7.80. The number of rotatable bonds is 2. The van der Waals surface area contributed by atoms with Gasteiger partial charge in [-0.1, -0.05) is 6.07 Å². The van der Waals surface area contributed by atoms with E-state index >= 15 is 0 Å². The molecule has 0 saturated carbocycles. The molecule has 2 aromatic rings. The van der Waals surface area contributed by atoms with Gasteiger partial charge in [0, 0.05) is 11.8 Å². The lowest BCUT2D eigenvalue weighted by Crippen LogP contribution is -2.11. The van der Waals surface area contributed by atoms with Gasteiger partial charge in [0.15, 0.2) is 5.58 Å². The van der Waals surface area contributed by atoms with Gasteiger partial charge in [-0.25, -0.2) is 4.79 Å². The molecule has 1 heterocycles. The molecule has 2 rings (SSSR count). The second-order valence-corrected chi connectivity index (χ2v) is 3.42. The first-order valence-corrected chi connectivity index (χ1v) is 4.83. The normalized spacial score (nSPS) is 13.3. The Morgan fingerprint density at radius 3 is 3.07 bits per heavy atom. The van der Waals surface area contributed by atoms with E-state index in [1.165, 1.54) is 0 Å². The highest BCUT2D eigenvalue weighted by Crippen LogP contribution is 2.17. The van der Waals surface area contributed by atoms with Crippen LogP contribution >= 0.6 is 12.6 Å². The molecule has 0 radical (unpaired) electrons. The molecule has 3 N–H and O–H groups in total. The number of benzene rings is 1. The molecule has 0 bridgehead atoms. The lowest BCUT2D eigenvalue weighted by atomic mass is 10.1. The standard InChI is InChI=1S/C9H10N2O2S/c10-6(4-14)5-1-2-7-8(3-5)13-9(12)11-7/h1-3,6,14H,4,10H2,(H,11,12). The summed E-state index contributed by atoms with van der Waals surface area (Å²) >= 11 is 4.10. The number of fused-ring (bicyclic) bond motifs is 1. The summed E-state index contributed by atoms with van der Waals surface area (Å²) < 4.78 is 4.91. The van der Waals surface area contributed by atoms with Gasteiger partial charge in [0.2, 0.25) is 0 Å². The predicted octanol–water partition coefficient (Wildman–Crippen LogP) is 1.05. The van der Waals surface area contributed by atoms with E-state index < -0.39 is 5.76 Å². The number of hydrogen-bond acceptors (Lipinski definition) is 4. The SMILES string of the molecule is NC(CS)c1ccc2[nH]c(=O)oc2c1. The number of oxazole rings is 1. The van der Waals surface area contributed by atoms with Crippen LogP contribution in [0.3, 0.4) is 0 Å². The van der Waals surface area contributed by atoms with E-state index in [2.05, 4.69) is 17.6 Å². The van der Waals surface area contributed by atoms with Crippen molar-refractivity contribution < 1.29 is 4.42 Å². The molecule has 1 atom stereocenters. The molecule has 0 aliphatic heterocycles. The molecule has 14 heavy (non-hydrogen) atoms. The average Bonchev–Trinajstić information content (AvgIpc) is 2.55. The topological polar surface area (TPSA) is 72.0 Å². The number of H-pyrrole nitrogens is 1. The third-order valence-electron chi connectivity index (χ3n) is 2.07. The maximum Gasteiger partial charge on any atom is 0.417 e. The molecule has 4 nitrogen and oxygen atoms in total. The van der Waals surface area contributed by atoms with Crippen molar-refractivity contribution in [3.8, 4) is 0 Å². The Bertz CT molecular complexity index is 503. The zero-order chi connectivity index (χ0) is 10.1. The van der Waals surface area contributed by atoms with Crippen molar-refractivity contribution in [1.82, 2.24) is 4.98 Å². The first-order valence-electron chi connectivity index (χ1n) is 4.20. The number of aromatic nitrogens is 1. The van der Waals surface area contributed by atoms with Crippen molar-refractivity contribution in [2.24, 2.45) is 5.73 Å². The first kappa shape index (κ1) is 9.36. The van der Waals surface area contributed by atoms with Crippen LogP contribution in [-0.2, 0) is 0 Å². The van der Waals surface area contributed by atoms with E-state index in [0.717, 1.165) is 5.56 Å². The van der Waals surface area contributed by atoms with E-state index in [4.69, 9.17) is 10.2 Å². The summed E-state index contributed by atoms with van der Waals surface area (Å²) in [5.74, 6) is 0.108. The summed E-state index contributed by atoms with van der Waals surface area (Å²) in [6.07, 6.45) is 0. The van der Waals surface area contributed by atoms with E-state index in [1.54, 1.807) is 12.1 Å². The molecular weight excluding hydrogens is 200 g/mol. The monoisotopic (exact) mass is 210 g/mol. The molecule has 1 unspecified atom stereocenters. The fraction of sp³-hybridized carbons (Fsp3) is 0.222. The van der Waals surface area contributed by atoms with Crippen LogP contribution in [0.5, 0.6) is 0 Å². The van der Waals surface area contributed by atoms with Gasteiger partial charge in [0.25, 0.3) is 0 Å². The predicted molar refractivity (Wildman–Crippen MR) is 57.6 cm³/mol. The van der Waals surface area contributed by atoms with Crippen molar-refractivity contribution in [2.45, 2.75) is 6.04 Å². The van der Waals surface area contributed by atoms with Gasteiger partial charge >= 0.3 is 5.76 Å². The van der Waals surface area contributed by atoms with Gasteiger partial charge < -0.3 is 10.2 Å². The number of aromatic amines is 1. The lowest BCUT2D eigenvalue weighted by Gasteiger charge is -2.07. The van der Waals surface area contributed by atoms with E-state index in [9.17, 15) is 4.79 Å². The van der Waals surface area contributed by atoms with Crippen molar-refractivity contribution >= 4 is 23.7 Å². The fourth-order valence-corrected chi connectivity index (χ4v) is 1.51. The van der Waals surface area contributed by atoms with Crippen LogP contribution in [0.1, 0.15) is 11.6 Å². The van der Waals surface area contributed by atoms with E-state index in [0.29, 0.717) is 16.9 Å². The van der Waals surface area contributed by atoms with Crippen LogP contribution in [0.25, 0.3) is 11.1 Å². The van der Waals surface area contributed by atoms with Crippen molar-refractivity contribution in [3.05, 3.63) is 34.3 Å². The van der Waals surface area contributed by atoms with Crippen LogP contribution in [0.15, 0.2) is 27.4 Å². The van der Waals surface area contributed by atoms with Gasteiger partial charge in [-0.3, -0.25) is 4.98 Å². The molecule has 0 fully saturated rings. The number of thiol groups is 1. The Morgan fingerprint density at radius 2 is 2.36 bits per heavy atom. The molecular formula is C9H10N2O2S. The Kier molecular flexibility index (Phi) is 2.35. The summed E-state index contributed by atoms with van der Waals surface area (Å²) in [7, 11) is 0. The highest BCUT2D eigenvalue weighted by Gasteiger charge is 2.06. The minimum absolute atomic E-state index is 0.136. The van der Waals surface area contributed by atoms with Gasteiger partial charge in [0.1, 0.15) is 0 Å². The van der Waals surface area contributed by atoms with Gasteiger partial charge in [0.05, 0.1) is 5.52 Å². The van der Waals surface area contributed by atoms with Crippen molar-refractivity contribution in [1.29, 1.82) is 0 Å². The number of hydrogen-bond donors (Lipinski definition) is 3. The second-order valence-electron chi connectivity index (χ2n) is 3.06. The fourth-order valence-electron chi connectivity index (χ4n) is 1.30. The zero-order valence-corrected chi connectivity index (χ0v) is 8.25. The van der Waals surface area contributed by atoms with Crippen molar-refractivity contribution in [3.63, 3.8) is 0 Å². The summed E-state index contributed by atoms with van der Waals surface area (Å²) in [5.41, 5.74) is 7.92. The molecule has 0 aliphatic carbocycles.